The molecule has 9 rings (SSSR count). The van der Waals surface area contributed by atoms with Gasteiger partial charge >= 0.3 is 0 Å². The van der Waals surface area contributed by atoms with Crippen molar-refractivity contribution in [1.82, 2.24) is 15.0 Å². The second-order valence-corrected chi connectivity index (χ2v) is 12.8. The van der Waals surface area contributed by atoms with Crippen molar-refractivity contribution in [3.05, 3.63) is 200 Å². The monoisotopic (exact) mass is 663 g/mol. The first kappa shape index (κ1) is 31.0. The van der Waals surface area contributed by atoms with Crippen LogP contribution in [0.1, 0.15) is 0 Å². The molecule has 8 aromatic carbocycles. The maximum Gasteiger partial charge on any atom is 0.164 e. The fraction of sp³-hybridized carbons (Fsp3) is 0. The lowest BCUT2D eigenvalue weighted by molar-refractivity contribution is 1.07. The van der Waals surface area contributed by atoms with Gasteiger partial charge in [0.15, 0.2) is 17.5 Å². The highest BCUT2D eigenvalue weighted by molar-refractivity contribution is 5.97. The molecule has 3 heteroatoms. The maximum absolute atomic E-state index is 5.21. The molecule has 0 fully saturated rings. The van der Waals surface area contributed by atoms with Crippen LogP contribution in [-0.4, -0.2) is 15.0 Å². The number of benzene rings is 8. The Hall–Kier alpha value is -6.97. The summed E-state index contributed by atoms with van der Waals surface area (Å²) < 4.78 is 0. The van der Waals surface area contributed by atoms with E-state index in [-0.39, 0.29) is 0 Å². The summed E-state index contributed by atoms with van der Waals surface area (Å²) in [5.74, 6) is 1.89. The topological polar surface area (TPSA) is 38.7 Å². The van der Waals surface area contributed by atoms with E-state index in [1.165, 1.54) is 21.9 Å². The van der Waals surface area contributed by atoms with Gasteiger partial charge in [0.1, 0.15) is 0 Å². The molecule has 0 aliphatic carbocycles. The molecule has 1 heterocycles. The van der Waals surface area contributed by atoms with E-state index < -0.39 is 0 Å². The van der Waals surface area contributed by atoms with E-state index >= 15 is 0 Å². The second-order valence-electron chi connectivity index (χ2n) is 12.8. The Kier molecular flexibility index (Phi) is 8.20. The molecule has 0 unspecified atom stereocenters. The standard InChI is InChI=1S/C49H33N3/c1-4-13-34(14-5-1)36-23-25-37(26-24-36)38-27-30-41(31-28-38)48-50-47(40-18-8-3-9-19-40)51-49(52-48)45-22-12-21-44(39-16-6-2-7-17-39)46(45)43-32-29-35-15-10-11-20-42(35)33-43/h1-33H. The van der Waals surface area contributed by atoms with Crippen LogP contribution in [0, 0.1) is 0 Å². The average molecular weight is 664 g/mol. The fourth-order valence-corrected chi connectivity index (χ4v) is 6.89. The third-order valence-electron chi connectivity index (χ3n) is 9.56. The molecule has 244 valence electrons. The van der Waals surface area contributed by atoms with Crippen LogP contribution in [0.25, 0.3) is 89.4 Å². The molecular weight excluding hydrogens is 631 g/mol. The number of aromatic nitrogens is 3. The number of rotatable bonds is 7. The minimum atomic E-state index is 0.629. The van der Waals surface area contributed by atoms with Gasteiger partial charge in [0, 0.05) is 22.3 Å². The van der Waals surface area contributed by atoms with Crippen molar-refractivity contribution >= 4 is 10.8 Å². The molecule has 0 atom stereocenters. The van der Waals surface area contributed by atoms with Crippen LogP contribution < -0.4 is 0 Å². The fourth-order valence-electron chi connectivity index (χ4n) is 6.89. The summed E-state index contributed by atoms with van der Waals surface area (Å²) in [7, 11) is 0. The summed E-state index contributed by atoms with van der Waals surface area (Å²) in [6.45, 7) is 0. The van der Waals surface area contributed by atoms with E-state index in [1.807, 2.05) is 24.3 Å². The molecule has 0 aliphatic heterocycles. The lowest BCUT2D eigenvalue weighted by atomic mass is 9.89. The van der Waals surface area contributed by atoms with Gasteiger partial charge in [0.25, 0.3) is 0 Å². The SMILES string of the molecule is c1ccc(-c2ccc(-c3ccc(-c4nc(-c5ccccc5)nc(-c5cccc(-c6ccccc6)c5-c5ccc6ccccc6c5)n4)cc3)cc2)cc1. The Labute approximate surface area is 303 Å². The van der Waals surface area contributed by atoms with Crippen molar-refractivity contribution in [2.24, 2.45) is 0 Å². The molecule has 0 radical (unpaired) electrons. The minimum absolute atomic E-state index is 0.629. The van der Waals surface area contributed by atoms with Crippen LogP contribution in [0.3, 0.4) is 0 Å². The molecule has 0 spiro atoms. The van der Waals surface area contributed by atoms with Crippen LogP contribution in [0.5, 0.6) is 0 Å². The van der Waals surface area contributed by atoms with E-state index in [2.05, 4.69) is 176 Å². The predicted octanol–water partition coefficient (Wildman–Crippen LogP) is 12.7. The first-order valence-electron chi connectivity index (χ1n) is 17.5. The van der Waals surface area contributed by atoms with E-state index in [1.54, 1.807) is 0 Å². The molecular formula is C49H33N3. The highest BCUT2D eigenvalue weighted by Crippen LogP contribution is 2.41. The minimum Gasteiger partial charge on any atom is -0.208 e. The maximum atomic E-state index is 5.21. The van der Waals surface area contributed by atoms with Gasteiger partial charge in [-0.2, -0.15) is 0 Å². The molecule has 0 saturated heterocycles. The van der Waals surface area contributed by atoms with Crippen molar-refractivity contribution in [2.45, 2.75) is 0 Å². The third-order valence-corrected chi connectivity index (χ3v) is 9.56. The van der Waals surface area contributed by atoms with Crippen LogP contribution in [0.15, 0.2) is 200 Å². The van der Waals surface area contributed by atoms with Gasteiger partial charge < -0.3 is 0 Å². The normalized spacial score (nSPS) is 11.1. The van der Waals surface area contributed by atoms with Gasteiger partial charge in [-0.05, 0) is 55.8 Å². The van der Waals surface area contributed by atoms with E-state index in [9.17, 15) is 0 Å². The van der Waals surface area contributed by atoms with Gasteiger partial charge in [-0.15, -0.1) is 0 Å². The Morgan fingerprint density at radius 3 is 1.23 bits per heavy atom. The summed E-state index contributed by atoms with van der Waals surface area (Å²) in [5.41, 5.74) is 12.0. The van der Waals surface area contributed by atoms with Crippen molar-refractivity contribution in [1.29, 1.82) is 0 Å². The zero-order valence-corrected chi connectivity index (χ0v) is 28.4. The summed E-state index contributed by atoms with van der Waals surface area (Å²) in [4.78, 5) is 15.4. The Bertz CT molecular complexity index is 2630. The van der Waals surface area contributed by atoms with Crippen LogP contribution >= 0.6 is 0 Å². The van der Waals surface area contributed by atoms with Crippen molar-refractivity contribution in [3.63, 3.8) is 0 Å². The number of hydrogen-bond donors (Lipinski definition) is 0. The van der Waals surface area contributed by atoms with Crippen molar-refractivity contribution in [3.8, 4) is 78.7 Å². The van der Waals surface area contributed by atoms with Crippen LogP contribution in [0.2, 0.25) is 0 Å². The molecule has 0 saturated carbocycles. The molecule has 0 aliphatic rings. The van der Waals surface area contributed by atoms with Gasteiger partial charge in [0.2, 0.25) is 0 Å². The lowest BCUT2D eigenvalue weighted by Gasteiger charge is -2.17. The van der Waals surface area contributed by atoms with Crippen LogP contribution in [0.4, 0.5) is 0 Å². The zero-order chi connectivity index (χ0) is 34.7. The smallest absolute Gasteiger partial charge is 0.164 e. The molecule has 3 nitrogen and oxygen atoms in total. The summed E-state index contributed by atoms with van der Waals surface area (Å²) >= 11 is 0. The second kappa shape index (κ2) is 13.7. The quantitative estimate of drug-likeness (QED) is 0.170. The van der Waals surface area contributed by atoms with E-state index in [0.717, 1.165) is 50.1 Å². The Morgan fingerprint density at radius 1 is 0.231 bits per heavy atom. The zero-order valence-electron chi connectivity index (χ0n) is 28.4. The summed E-state index contributed by atoms with van der Waals surface area (Å²) in [6.07, 6.45) is 0. The Morgan fingerprint density at radius 2 is 0.635 bits per heavy atom. The highest BCUT2D eigenvalue weighted by atomic mass is 15.0. The number of fused-ring (bicyclic) bond motifs is 1. The Balaban J connectivity index is 1.18. The summed E-state index contributed by atoms with van der Waals surface area (Å²) in [5, 5.41) is 2.39. The molecule has 52 heavy (non-hydrogen) atoms. The molecule has 0 bridgehead atoms. The van der Waals surface area contributed by atoms with Gasteiger partial charge in [-0.25, -0.2) is 15.0 Å². The van der Waals surface area contributed by atoms with E-state index in [4.69, 9.17) is 15.0 Å². The van der Waals surface area contributed by atoms with Crippen molar-refractivity contribution < 1.29 is 0 Å². The largest absolute Gasteiger partial charge is 0.208 e. The first-order valence-corrected chi connectivity index (χ1v) is 17.5. The molecule has 0 N–H and O–H groups in total. The lowest BCUT2D eigenvalue weighted by Crippen LogP contribution is -2.02. The number of hydrogen-bond acceptors (Lipinski definition) is 3. The van der Waals surface area contributed by atoms with Gasteiger partial charge in [-0.3, -0.25) is 0 Å². The highest BCUT2D eigenvalue weighted by Gasteiger charge is 2.19. The predicted molar refractivity (Wildman–Crippen MR) is 215 cm³/mol. The van der Waals surface area contributed by atoms with Gasteiger partial charge in [-0.1, -0.05) is 194 Å². The van der Waals surface area contributed by atoms with E-state index in [0.29, 0.717) is 17.5 Å². The first-order chi connectivity index (χ1) is 25.8. The van der Waals surface area contributed by atoms with Crippen molar-refractivity contribution in [2.75, 3.05) is 0 Å². The molecule has 9 aromatic rings. The third kappa shape index (κ3) is 6.17. The number of nitrogens with zero attached hydrogens (tertiary/aromatic N) is 3. The molecule has 1 aromatic heterocycles. The summed E-state index contributed by atoms with van der Waals surface area (Å²) in [6, 6.07) is 70.0. The van der Waals surface area contributed by atoms with Crippen LogP contribution in [-0.2, 0) is 0 Å². The van der Waals surface area contributed by atoms with Gasteiger partial charge in [0.05, 0.1) is 0 Å². The average Bonchev–Trinajstić information content (AvgIpc) is 3.24. The molecule has 0 amide bonds.